The first kappa shape index (κ1) is 77.2. The highest BCUT2D eigenvalue weighted by molar-refractivity contribution is 9.11. The minimum Gasteiger partial charge on any atom is -0.508 e. The number of nitrogen functional groups attached to an aromatic ring is 1. The van der Waals surface area contributed by atoms with Crippen LogP contribution in [0, 0.1) is 0 Å². The molecule has 98 heavy (non-hydrogen) atoms. The van der Waals surface area contributed by atoms with Gasteiger partial charge in [-0.2, -0.15) is 16.8 Å². The highest BCUT2D eigenvalue weighted by atomic mass is 79.9. The zero-order valence-corrected chi connectivity index (χ0v) is 61.2. The lowest BCUT2D eigenvalue weighted by molar-refractivity contribution is 0.0625. The number of rotatable bonds is 8. The van der Waals surface area contributed by atoms with Gasteiger partial charge in [0.1, 0.15) is 51.2 Å². The summed E-state index contributed by atoms with van der Waals surface area (Å²) in [6.07, 6.45) is -0.271. The maximum atomic E-state index is 12.0. The first-order valence-electron chi connectivity index (χ1n) is 30.0. The minimum atomic E-state index is -3.64. The number of halogens is 2. The Bertz CT molecular complexity index is 4820. The number of nitrogens with one attached hydrogen (secondary N) is 4. The van der Waals surface area contributed by atoms with E-state index in [0.29, 0.717) is 39.2 Å². The van der Waals surface area contributed by atoms with E-state index >= 15 is 0 Å². The number of anilines is 5. The zero-order chi connectivity index (χ0) is 72.9. The fourth-order valence-corrected chi connectivity index (χ4v) is 10.8. The molecule has 0 radical (unpaired) electrons. The Morgan fingerprint density at radius 3 is 1.03 bits per heavy atom. The van der Waals surface area contributed by atoms with Crippen molar-refractivity contribution in [2.24, 2.45) is 0 Å². The molecule has 9 N–H and O–H groups in total. The summed E-state index contributed by atoms with van der Waals surface area (Å²) in [5, 5.41) is 47.3. The molecule has 0 saturated carbocycles. The zero-order valence-electron chi connectivity index (χ0n) is 56.4. The van der Waals surface area contributed by atoms with Crippen LogP contribution in [0.15, 0.2) is 179 Å². The lowest BCUT2D eigenvalue weighted by Crippen LogP contribution is -2.27. The molecule has 0 heterocycles. The molecule has 0 bridgehead atoms. The van der Waals surface area contributed by atoms with Crippen LogP contribution in [-0.4, -0.2) is 91.4 Å². The number of ether oxygens (including phenoxy) is 4. The lowest BCUT2D eigenvalue weighted by atomic mass is 10.1. The van der Waals surface area contributed by atoms with Gasteiger partial charge in [-0.15, -0.1) is 0 Å². The number of phenols is 3. The van der Waals surface area contributed by atoms with Crippen LogP contribution >= 0.6 is 31.9 Å². The van der Waals surface area contributed by atoms with Crippen molar-refractivity contribution in [2.45, 2.75) is 105 Å². The first-order chi connectivity index (χ1) is 45.4. The Labute approximate surface area is 586 Å². The van der Waals surface area contributed by atoms with E-state index in [1.54, 1.807) is 184 Å². The van der Waals surface area contributed by atoms with Gasteiger partial charge in [0, 0.05) is 41.6 Å². The molecule has 4 amide bonds. The van der Waals surface area contributed by atoms with Crippen LogP contribution in [0.4, 0.5) is 47.6 Å². The van der Waals surface area contributed by atoms with Crippen LogP contribution < -0.4 is 35.4 Å². The molecule has 0 unspecified atom stereocenters. The lowest BCUT2D eigenvalue weighted by Gasteiger charge is -2.20. The van der Waals surface area contributed by atoms with E-state index in [1.165, 1.54) is 0 Å². The number of hydrogen-bond acceptors (Lipinski definition) is 18. The molecule has 520 valence electrons. The van der Waals surface area contributed by atoms with E-state index in [4.69, 9.17) is 33.0 Å². The number of fused-ring (bicyclic) bond motifs is 5. The molecule has 10 aromatic rings. The van der Waals surface area contributed by atoms with Gasteiger partial charge in [0.25, 0.3) is 0 Å². The molecule has 0 aliphatic rings. The first-order valence-corrected chi connectivity index (χ1v) is 35.2. The van der Waals surface area contributed by atoms with Gasteiger partial charge in [0.15, 0.2) is 0 Å². The van der Waals surface area contributed by atoms with Gasteiger partial charge in [-0.1, -0.05) is 86.5 Å². The van der Waals surface area contributed by atoms with Crippen molar-refractivity contribution in [3.8, 4) is 28.7 Å². The molecular weight excluding hydrogens is 1430 g/mol. The number of amides is 4. The van der Waals surface area contributed by atoms with Crippen LogP contribution in [0.25, 0.3) is 53.9 Å². The fourth-order valence-electron chi connectivity index (χ4n) is 8.93. The van der Waals surface area contributed by atoms with Crippen LogP contribution in [0.3, 0.4) is 0 Å². The monoisotopic (exact) mass is 1510 g/mol. The summed E-state index contributed by atoms with van der Waals surface area (Å²) in [7, 11) is -7.26. The summed E-state index contributed by atoms with van der Waals surface area (Å²) in [5.41, 5.74) is 6.27. The largest absolute Gasteiger partial charge is 0.508 e. The molecule has 0 aliphatic heterocycles. The van der Waals surface area contributed by atoms with E-state index < -0.39 is 67.0 Å². The molecule has 26 heteroatoms. The number of phenolic OH excluding ortho intramolecular Hbond substituents is 3. The van der Waals surface area contributed by atoms with Gasteiger partial charge < -0.3 is 48.4 Å². The van der Waals surface area contributed by atoms with Crippen molar-refractivity contribution in [1.82, 2.24) is 0 Å². The molecule has 22 nitrogen and oxygen atoms in total. The summed E-state index contributed by atoms with van der Waals surface area (Å²) < 4.78 is 77.5. The Hall–Kier alpha value is -9.76. The fraction of sp³-hybridized carbons (Fsp3) is 0.250. The standard InChI is InChI=1S/C16H18BrNO5S.C16H19NO5S.C15H16BrNO3.C15H17NO3.C10H9NO/c1-16(2,3)22-15(19)18-14-8-7-13(17)11-6-5-10(9-12(11)14)23-24(4,20)21;1-16(2,3)21-15(18)17-14-7-5-6-11-8-9-12(10-13(11)14)22-23(4,19)20;1-15(2,3)20-14(19)17-13-7-6-12(16)10-5-4-9(18)8-11(10)13;1-15(2,3)19-14(18)16-13-6-4-5-10-7-8-11(17)9-12(10)13;11-10-3-1-2-7-4-5-8(12)6-9(7)10/h5-9H,1-4H3,(H,18,19);5-10H,1-4H3,(H,17,18);4-8,18H,1-3H3,(H,17,19);4-9,17H,1-3H3,(H,16,18);1-6,12H,11H2. The summed E-state index contributed by atoms with van der Waals surface area (Å²) in [5.74, 6) is 0.892. The van der Waals surface area contributed by atoms with Gasteiger partial charge >= 0.3 is 44.6 Å². The second kappa shape index (κ2) is 32.1. The van der Waals surface area contributed by atoms with Crippen LogP contribution in [-0.2, 0) is 39.2 Å². The summed E-state index contributed by atoms with van der Waals surface area (Å²) >= 11 is 6.87. The Morgan fingerprint density at radius 1 is 0.357 bits per heavy atom. The summed E-state index contributed by atoms with van der Waals surface area (Å²) in [6.45, 7) is 21.5. The molecule has 10 rings (SSSR count). The number of nitrogens with two attached hydrogens (primary N) is 1. The third kappa shape index (κ3) is 25.3. The highest BCUT2D eigenvalue weighted by Gasteiger charge is 2.22. The smallest absolute Gasteiger partial charge is 0.412 e. The SMILES string of the molecule is CC(C)(C)OC(=O)Nc1ccc(Br)c2ccc(O)cc12.CC(C)(C)OC(=O)Nc1ccc(Br)c2ccc(OS(C)(=O)=O)cc12.CC(C)(C)OC(=O)Nc1cccc2ccc(O)cc12.CC(C)(C)OC(=O)Nc1cccc2ccc(OS(C)(=O)=O)cc12.Nc1cccc2ccc(O)cc12. The van der Waals surface area contributed by atoms with Gasteiger partial charge in [-0.3, -0.25) is 21.3 Å². The number of carbonyl (C=O) groups is 4. The van der Waals surface area contributed by atoms with E-state index in [0.717, 1.165) is 64.5 Å². The van der Waals surface area contributed by atoms with Gasteiger partial charge in [-0.05, 0) is 225 Å². The average Bonchev–Trinajstić information content (AvgIpc) is 0.818. The Balaban J connectivity index is 0.000000196. The van der Waals surface area contributed by atoms with Gasteiger partial charge in [0.05, 0.1) is 35.3 Å². The van der Waals surface area contributed by atoms with Crippen LogP contribution in [0.2, 0.25) is 0 Å². The van der Waals surface area contributed by atoms with Crippen LogP contribution in [0.1, 0.15) is 83.1 Å². The third-order valence-electron chi connectivity index (χ3n) is 12.5. The Morgan fingerprint density at radius 2 is 0.643 bits per heavy atom. The maximum absolute atomic E-state index is 12.0. The van der Waals surface area contributed by atoms with Crippen LogP contribution in [0.5, 0.6) is 28.7 Å². The molecular formula is C72H79Br2N5O17S2. The highest BCUT2D eigenvalue weighted by Crippen LogP contribution is 2.36. The predicted molar refractivity (Wildman–Crippen MR) is 395 cm³/mol. The molecule has 10 aromatic carbocycles. The number of carbonyl (C=O) groups excluding carboxylic acids is 4. The molecule has 0 aliphatic carbocycles. The van der Waals surface area contributed by atoms with Gasteiger partial charge in [0.2, 0.25) is 0 Å². The maximum Gasteiger partial charge on any atom is 0.412 e. The second-order valence-corrected chi connectivity index (χ2v) is 30.7. The number of aromatic hydroxyl groups is 3. The van der Waals surface area contributed by atoms with Crippen molar-refractivity contribution in [3.05, 3.63) is 179 Å². The van der Waals surface area contributed by atoms with Crippen molar-refractivity contribution >= 4 is 159 Å². The quantitative estimate of drug-likeness (QED) is 0.0398. The molecule has 0 atom stereocenters. The van der Waals surface area contributed by atoms with E-state index in [9.17, 15) is 51.3 Å². The number of benzene rings is 10. The second-order valence-electron chi connectivity index (χ2n) is 25.9. The molecule has 0 saturated heterocycles. The topological polar surface area (TPSA) is 327 Å². The molecule has 0 aromatic heterocycles. The molecule has 0 fully saturated rings. The number of hydrogen-bond donors (Lipinski definition) is 8. The third-order valence-corrected chi connectivity index (χ3v) is 14.9. The average molecular weight is 1510 g/mol. The molecule has 0 spiro atoms. The van der Waals surface area contributed by atoms with Crippen molar-refractivity contribution in [1.29, 1.82) is 0 Å². The van der Waals surface area contributed by atoms with Crippen molar-refractivity contribution in [3.63, 3.8) is 0 Å². The van der Waals surface area contributed by atoms with E-state index in [2.05, 4.69) is 53.1 Å². The van der Waals surface area contributed by atoms with E-state index in [-0.39, 0.29) is 28.7 Å². The predicted octanol–water partition coefficient (Wildman–Crippen LogP) is 18.5. The van der Waals surface area contributed by atoms with E-state index in [1.807, 2.05) is 69.3 Å². The van der Waals surface area contributed by atoms with Crippen molar-refractivity contribution in [2.75, 3.05) is 39.5 Å². The van der Waals surface area contributed by atoms with Crippen molar-refractivity contribution < 1.29 is 78.6 Å². The summed E-state index contributed by atoms with van der Waals surface area (Å²) in [4.78, 5) is 47.5. The Kier molecular flexibility index (Phi) is 25.3. The summed E-state index contributed by atoms with van der Waals surface area (Å²) in [6, 6.07) is 48.4. The normalized spacial score (nSPS) is 11.6. The van der Waals surface area contributed by atoms with Gasteiger partial charge in [-0.25, -0.2) is 19.2 Å². The minimum absolute atomic E-state index is 0.142.